The van der Waals surface area contributed by atoms with E-state index < -0.39 is 5.97 Å². The van der Waals surface area contributed by atoms with Gasteiger partial charge >= 0.3 is 5.97 Å². The molecule has 1 aromatic heterocycles. The second kappa shape index (κ2) is 6.10. The number of pyridine rings is 1. The molecule has 1 fully saturated rings. The lowest BCUT2D eigenvalue weighted by Gasteiger charge is -2.35. The molecule has 19 heavy (non-hydrogen) atoms. The molecule has 1 N–H and O–H groups in total. The smallest absolute Gasteiger partial charge is 0.303 e. The summed E-state index contributed by atoms with van der Waals surface area (Å²) in [7, 11) is 0. The van der Waals surface area contributed by atoms with Crippen molar-refractivity contribution < 1.29 is 14.3 Å². The lowest BCUT2D eigenvalue weighted by molar-refractivity contribution is -0.138. The van der Waals surface area contributed by atoms with Crippen molar-refractivity contribution >= 4 is 5.97 Å². The number of aromatic nitrogens is 1. The van der Waals surface area contributed by atoms with E-state index in [1.165, 1.54) is 12.3 Å². The Morgan fingerprint density at radius 1 is 1.53 bits per heavy atom. The topological polar surface area (TPSA) is 53.4 Å². The van der Waals surface area contributed by atoms with Crippen LogP contribution < -0.4 is 0 Å². The fourth-order valence-corrected chi connectivity index (χ4v) is 2.61. The number of likely N-dealkylation sites (tertiary alicyclic amines) is 1. The van der Waals surface area contributed by atoms with Gasteiger partial charge in [-0.05, 0) is 50.9 Å². The largest absolute Gasteiger partial charge is 0.481 e. The Morgan fingerprint density at radius 3 is 2.74 bits per heavy atom. The first-order valence-electron chi connectivity index (χ1n) is 6.63. The predicted molar refractivity (Wildman–Crippen MR) is 69.2 cm³/mol. The number of carboxylic acids is 1. The summed E-state index contributed by atoms with van der Waals surface area (Å²) in [4.78, 5) is 17.1. The highest BCUT2D eigenvalue weighted by atomic mass is 19.1. The van der Waals surface area contributed by atoms with E-state index >= 15 is 0 Å². The van der Waals surface area contributed by atoms with Gasteiger partial charge in [0, 0.05) is 12.5 Å². The molecule has 0 spiro atoms. The molecule has 1 aliphatic heterocycles. The molecule has 0 aliphatic carbocycles. The van der Waals surface area contributed by atoms with Crippen LogP contribution in [0.3, 0.4) is 0 Å². The average molecular weight is 266 g/mol. The van der Waals surface area contributed by atoms with Crippen molar-refractivity contribution in [3.05, 3.63) is 29.8 Å². The van der Waals surface area contributed by atoms with Crippen molar-refractivity contribution in [1.29, 1.82) is 0 Å². The molecule has 0 aromatic carbocycles. The molecule has 2 rings (SSSR count). The minimum Gasteiger partial charge on any atom is -0.481 e. The van der Waals surface area contributed by atoms with E-state index in [4.69, 9.17) is 5.11 Å². The summed E-state index contributed by atoms with van der Waals surface area (Å²) < 4.78 is 12.8. The zero-order valence-electron chi connectivity index (χ0n) is 11.1. The maximum atomic E-state index is 12.8. The monoisotopic (exact) mass is 266 g/mol. The highest BCUT2D eigenvalue weighted by molar-refractivity contribution is 5.67. The van der Waals surface area contributed by atoms with Crippen LogP contribution in [0.1, 0.15) is 37.9 Å². The van der Waals surface area contributed by atoms with Gasteiger partial charge in [0.05, 0.1) is 11.9 Å². The highest BCUT2D eigenvalue weighted by Crippen LogP contribution is 2.27. The average Bonchev–Trinajstić information content (AvgIpc) is 2.39. The Morgan fingerprint density at radius 2 is 2.21 bits per heavy atom. The molecule has 2 heterocycles. The summed E-state index contributed by atoms with van der Waals surface area (Å²) in [6.07, 6.45) is 3.30. The number of nitrogens with zero attached hydrogens (tertiary/aromatic N) is 2. The van der Waals surface area contributed by atoms with Crippen LogP contribution in [0.4, 0.5) is 4.39 Å². The van der Waals surface area contributed by atoms with Gasteiger partial charge < -0.3 is 5.11 Å². The SMILES string of the molecule is CC(c1ccc(F)cn1)N1CCC(CC(=O)O)CC1. The second-order valence-electron chi connectivity index (χ2n) is 5.15. The van der Waals surface area contributed by atoms with E-state index in [9.17, 15) is 9.18 Å². The van der Waals surface area contributed by atoms with Crippen molar-refractivity contribution in [2.75, 3.05) is 13.1 Å². The van der Waals surface area contributed by atoms with Gasteiger partial charge in [0.1, 0.15) is 5.82 Å². The summed E-state index contributed by atoms with van der Waals surface area (Å²) in [6.45, 7) is 3.80. The van der Waals surface area contributed by atoms with Crippen LogP contribution in [0, 0.1) is 11.7 Å². The van der Waals surface area contributed by atoms with E-state index in [1.807, 2.05) is 0 Å². The quantitative estimate of drug-likeness (QED) is 0.909. The molecule has 1 saturated heterocycles. The molecule has 1 unspecified atom stereocenters. The third-order valence-corrected chi connectivity index (χ3v) is 3.84. The van der Waals surface area contributed by atoms with Crippen LogP contribution in [0.25, 0.3) is 0 Å². The van der Waals surface area contributed by atoms with Crippen LogP contribution in [-0.2, 0) is 4.79 Å². The third kappa shape index (κ3) is 3.73. The first kappa shape index (κ1) is 13.9. The first-order valence-corrected chi connectivity index (χ1v) is 6.63. The van der Waals surface area contributed by atoms with Gasteiger partial charge in [-0.1, -0.05) is 0 Å². The van der Waals surface area contributed by atoms with E-state index in [0.717, 1.165) is 31.6 Å². The summed E-state index contributed by atoms with van der Waals surface area (Å²) in [5, 5.41) is 8.79. The van der Waals surface area contributed by atoms with Gasteiger partial charge in [0.15, 0.2) is 0 Å². The van der Waals surface area contributed by atoms with Crippen LogP contribution in [-0.4, -0.2) is 34.0 Å². The minimum atomic E-state index is -0.716. The van der Waals surface area contributed by atoms with E-state index in [0.29, 0.717) is 0 Å². The van der Waals surface area contributed by atoms with Gasteiger partial charge in [0.25, 0.3) is 0 Å². The molecule has 0 bridgehead atoms. The van der Waals surface area contributed by atoms with Crippen LogP contribution >= 0.6 is 0 Å². The summed E-state index contributed by atoms with van der Waals surface area (Å²) in [5.41, 5.74) is 0.859. The molecule has 1 aliphatic rings. The van der Waals surface area contributed by atoms with Crippen molar-refractivity contribution in [2.24, 2.45) is 5.92 Å². The highest BCUT2D eigenvalue weighted by Gasteiger charge is 2.25. The number of hydrogen-bond acceptors (Lipinski definition) is 3. The van der Waals surface area contributed by atoms with Gasteiger partial charge in [-0.15, -0.1) is 0 Å². The number of rotatable bonds is 4. The lowest BCUT2D eigenvalue weighted by Crippen LogP contribution is -2.36. The molecular weight excluding hydrogens is 247 g/mol. The minimum absolute atomic E-state index is 0.145. The number of piperidine rings is 1. The molecule has 5 heteroatoms. The Kier molecular flexibility index (Phi) is 4.47. The summed E-state index contributed by atoms with van der Waals surface area (Å²) in [6, 6.07) is 3.28. The van der Waals surface area contributed by atoms with Crippen LogP contribution in [0.2, 0.25) is 0 Å². The molecule has 0 amide bonds. The maximum Gasteiger partial charge on any atom is 0.303 e. The Labute approximate surface area is 112 Å². The van der Waals surface area contributed by atoms with Gasteiger partial charge in [0.2, 0.25) is 0 Å². The van der Waals surface area contributed by atoms with Crippen LogP contribution in [0.5, 0.6) is 0 Å². The van der Waals surface area contributed by atoms with Gasteiger partial charge in [-0.2, -0.15) is 0 Å². The maximum absolute atomic E-state index is 12.8. The number of halogens is 1. The summed E-state index contributed by atoms with van der Waals surface area (Å²) >= 11 is 0. The number of hydrogen-bond donors (Lipinski definition) is 1. The standard InChI is InChI=1S/C14H19FN2O2/c1-10(13-3-2-12(15)9-16-13)17-6-4-11(5-7-17)8-14(18)19/h2-3,9-11H,4-8H2,1H3,(H,18,19). The predicted octanol–water partition coefficient (Wildman–Crippen LogP) is 2.47. The van der Waals surface area contributed by atoms with E-state index in [2.05, 4.69) is 16.8 Å². The Balaban J connectivity index is 1.90. The fourth-order valence-electron chi connectivity index (χ4n) is 2.61. The van der Waals surface area contributed by atoms with Gasteiger partial charge in [-0.25, -0.2) is 4.39 Å². The zero-order valence-corrected chi connectivity index (χ0v) is 11.1. The van der Waals surface area contributed by atoms with Crippen molar-refractivity contribution in [3.8, 4) is 0 Å². The number of carbonyl (C=O) groups is 1. The van der Waals surface area contributed by atoms with Crippen molar-refractivity contribution in [1.82, 2.24) is 9.88 Å². The van der Waals surface area contributed by atoms with Crippen molar-refractivity contribution in [2.45, 2.75) is 32.2 Å². The molecule has 1 atom stereocenters. The summed E-state index contributed by atoms with van der Waals surface area (Å²) in [5.74, 6) is -0.759. The second-order valence-corrected chi connectivity index (χ2v) is 5.15. The molecule has 4 nitrogen and oxygen atoms in total. The Bertz CT molecular complexity index is 428. The number of carboxylic acid groups (broad SMARTS) is 1. The van der Waals surface area contributed by atoms with E-state index in [-0.39, 0.29) is 24.2 Å². The van der Waals surface area contributed by atoms with Crippen LogP contribution in [0.15, 0.2) is 18.3 Å². The molecule has 104 valence electrons. The lowest BCUT2D eigenvalue weighted by atomic mass is 9.92. The third-order valence-electron chi connectivity index (χ3n) is 3.84. The normalized spacial score (nSPS) is 19.3. The molecular formula is C14H19FN2O2. The number of aliphatic carboxylic acids is 1. The van der Waals surface area contributed by atoms with Gasteiger partial charge in [-0.3, -0.25) is 14.7 Å². The molecule has 0 radical (unpaired) electrons. The molecule has 0 saturated carbocycles. The van der Waals surface area contributed by atoms with E-state index in [1.54, 1.807) is 6.07 Å². The Hall–Kier alpha value is -1.49. The first-order chi connectivity index (χ1) is 9.06. The van der Waals surface area contributed by atoms with Crippen molar-refractivity contribution in [3.63, 3.8) is 0 Å². The zero-order chi connectivity index (χ0) is 13.8. The fraction of sp³-hybridized carbons (Fsp3) is 0.571. The molecule has 1 aromatic rings.